The van der Waals surface area contributed by atoms with Crippen LogP contribution >= 0.6 is 0 Å². The Morgan fingerprint density at radius 2 is 1.95 bits per heavy atom. The first-order valence-corrected chi connectivity index (χ1v) is 7.23. The van der Waals surface area contributed by atoms with Crippen molar-refractivity contribution in [1.82, 2.24) is 0 Å². The van der Waals surface area contributed by atoms with Crippen LogP contribution in [-0.4, -0.2) is 20.1 Å². The molecule has 1 aliphatic rings. The summed E-state index contributed by atoms with van der Waals surface area (Å²) in [6.07, 6.45) is 1.05. The summed E-state index contributed by atoms with van der Waals surface area (Å²) < 4.78 is 13.7. The van der Waals surface area contributed by atoms with Crippen LogP contribution in [0.1, 0.15) is 12.0 Å². The van der Waals surface area contributed by atoms with E-state index in [4.69, 9.17) is 5.73 Å². The van der Waals surface area contributed by atoms with Gasteiger partial charge >= 0.3 is 0 Å². The molecule has 0 aromatic heterocycles. The zero-order valence-electron chi connectivity index (χ0n) is 12.2. The smallest absolute Gasteiger partial charge is 0.125 e. The monoisotopic (exact) mass is 285 g/mol. The van der Waals surface area contributed by atoms with Crippen LogP contribution in [0.3, 0.4) is 0 Å². The van der Waals surface area contributed by atoms with Crippen molar-refractivity contribution in [2.45, 2.75) is 13.0 Å². The first-order valence-electron chi connectivity index (χ1n) is 7.23. The first-order chi connectivity index (χ1) is 10.1. The molecule has 3 rings (SSSR count). The fourth-order valence-electron chi connectivity index (χ4n) is 2.89. The van der Waals surface area contributed by atoms with Crippen LogP contribution in [0, 0.1) is 5.82 Å². The van der Waals surface area contributed by atoms with E-state index in [1.165, 1.54) is 6.07 Å². The Morgan fingerprint density at radius 1 is 1.10 bits per heavy atom. The van der Waals surface area contributed by atoms with Gasteiger partial charge in [-0.15, -0.1) is 0 Å². The Labute approximate surface area is 124 Å². The molecular weight excluding hydrogens is 265 g/mol. The van der Waals surface area contributed by atoms with E-state index in [1.54, 1.807) is 6.07 Å². The number of benzene rings is 2. The van der Waals surface area contributed by atoms with Gasteiger partial charge in [-0.05, 0) is 42.3 Å². The number of rotatable bonds is 2. The van der Waals surface area contributed by atoms with Crippen molar-refractivity contribution in [3.8, 4) is 0 Å². The fourth-order valence-corrected chi connectivity index (χ4v) is 2.89. The molecule has 0 saturated heterocycles. The Hall–Kier alpha value is -2.23. The van der Waals surface area contributed by atoms with Crippen molar-refractivity contribution in [3.63, 3.8) is 0 Å². The normalized spacial score (nSPS) is 14.8. The predicted octanol–water partition coefficient (Wildman–Crippen LogP) is 3.25. The Balaban J connectivity index is 1.95. The molecule has 0 atom stereocenters. The highest BCUT2D eigenvalue weighted by Crippen LogP contribution is 2.33. The molecule has 0 aliphatic carbocycles. The van der Waals surface area contributed by atoms with Crippen molar-refractivity contribution < 1.29 is 4.39 Å². The predicted molar refractivity (Wildman–Crippen MR) is 86.2 cm³/mol. The van der Waals surface area contributed by atoms with Gasteiger partial charge in [-0.25, -0.2) is 4.39 Å². The Kier molecular flexibility index (Phi) is 3.69. The first kappa shape index (κ1) is 13.7. The minimum absolute atomic E-state index is 0.193. The van der Waals surface area contributed by atoms with Crippen LogP contribution in [0.4, 0.5) is 21.5 Å². The Morgan fingerprint density at radius 3 is 2.76 bits per heavy atom. The van der Waals surface area contributed by atoms with Crippen molar-refractivity contribution in [2.75, 3.05) is 35.7 Å². The quantitative estimate of drug-likeness (QED) is 0.860. The zero-order valence-corrected chi connectivity index (χ0v) is 12.2. The van der Waals surface area contributed by atoms with Gasteiger partial charge < -0.3 is 15.5 Å². The molecule has 1 aliphatic heterocycles. The van der Waals surface area contributed by atoms with Gasteiger partial charge in [0, 0.05) is 32.4 Å². The molecule has 21 heavy (non-hydrogen) atoms. The lowest BCUT2D eigenvalue weighted by Crippen LogP contribution is -2.23. The van der Waals surface area contributed by atoms with Gasteiger partial charge in [0.2, 0.25) is 0 Å². The van der Waals surface area contributed by atoms with Crippen molar-refractivity contribution in [1.29, 1.82) is 0 Å². The fraction of sp³-hybridized carbons (Fsp3) is 0.294. The van der Waals surface area contributed by atoms with Crippen molar-refractivity contribution >= 4 is 17.1 Å². The average Bonchev–Trinajstić information content (AvgIpc) is 2.59. The van der Waals surface area contributed by atoms with E-state index in [0.29, 0.717) is 0 Å². The van der Waals surface area contributed by atoms with Crippen molar-refractivity contribution in [2.24, 2.45) is 0 Å². The summed E-state index contributed by atoms with van der Waals surface area (Å²) in [5, 5.41) is 0. The lowest BCUT2D eigenvalue weighted by molar-refractivity contribution is 0.626. The number of nitrogen functional groups attached to an aromatic ring is 1. The largest absolute Gasteiger partial charge is 0.399 e. The maximum Gasteiger partial charge on any atom is 0.125 e. The van der Waals surface area contributed by atoms with Crippen LogP contribution in [0.25, 0.3) is 0 Å². The van der Waals surface area contributed by atoms with Crippen molar-refractivity contribution in [3.05, 3.63) is 53.8 Å². The molecule has 110 valence electrons. The van der Waals surface area contributed by atoms with Crippen LogP contribution < -0.4 is 15.5 Å². The highest BCUT2D eigenvalue weighted by atomic mass is 19.1. The number of halogens is 1. The average molecular weight is 285 g/mol. The lowest BCUT2D eigenvalue weighted by Gasteiger charge is -2.26. The van der Waals surface area contributed by atoms with E-state index in [9.17, 15) is 4.39 Å². The molecule has 4 heteroatoms. The molecule has 2 aromatic rings. The summed E-state index contributed by atoms with van der Waals surface area (Å²) >= 11 is 0. The van der Waals surface area contributed by atoms with Crippen LogP contribution in [0.5, 0.6) is 0 Å². The second-order valence-electron chi connectivity index (χ2n) is 5.57. The molecule has 0 unspecified atom stereocenters. The van der Waals surface area contributed by atoms with E-state index in [0.717, 1.165) is 48.7 Å². The molecule has 0 bridgehead atoms. The zero-order chi connectivity index (χ0) is 14.8. The molecule has 0 fully saturated rings. The SMILES string of the molecule is CN1CCCN(Cc2cccc(N)c2)c2cc(F)ccc21. The number of hydrogen-bond donors (Lipinski definition) is 1. The van der Waals surface area contributed by atoms with Gasteiger partial charge in [0.1, 0.15) is 5.82 Å². The topological polar surface area (TPSA) is 32.5 Å². The van der Waals surface area contributed by atoms with Gasteiger partial charge in [-0.1, -0.05) is 12.1 Å². The molecule has 2 N–H and O–H groups in total. The number of nitrogens with two attached hydrogens (primary N) is 1. The molecule has 3 nitrogen and oxygen atoms in total. The second-order valence-corrected chi connectivity index (χ2v) is 5.57. The molecule has 0 spiro atoms. The summed E-state index contributed by atoms with van der Waals surface area (Å²) in [4.78, 5) is 4.42. The third-order valence-electron chi connectivity index (χ3n) is 3.94. The summed E-state index contributed by atoms with van der Waals surface area (Å²) in [5.74, 6) is -0.193. The number of anilines is 3. The van der Waals surface area contributed by atoms with E-state index in [-0.39, 0.29) is 5.82 Å². The standard InChI is InChI=1S/C17H20FN3/c1-20-8-3-9-21(12-13-4-2-5-15(19)10-13)17-11-14(18)6-7-16(17)20/h2,4-7,10-11H,3,8-9,12,19H2,1H3. The van der Waals surface area contributed by atoms with Gasteiger partial charge in [-0.2, -0.15) is 0 Å². The molecule has 0 radical (unpaired) electrons. The summed E-state index contributed by atoms with van der Waals surface area (Å²) in [5.41, 5.74) is 9.80. The molecule has 2 aromatic carbocycles. The van der Waals surface area contributed by atoms with Gasteiger partial charge in [-0.3, -0.25) is 0 Å². The number of hydrogen-bond acceptors (Lipinski definition) is 3. The lowest BCUT2D eigenvalue weighted by atomic mass is 10.1. The van der Waals surface area contributed by atoms with E-state index in [1.807, 2.05) is 24.3 Å². The van der Waals surface area contributed by atoms with Crippen LogP contribution in [-0.2, 0) is 6.54 Å². The van der Waals surface area contributed by atoms with Gasteiger partial charge in [0.25, 0.3) is 0 Å². The number of fused-ring (bicyclic) bond motifs is 1. The molecule has 0 amide bonds. The Bertz CT molecular complexity index is 642. The summed E-state index contributed by atoms with van der Waals surface area (Å²) in [6.45, 7) is 2.64. The van der Waals surface area contributed by atoms with Crippen LogP contribution in [0.15, 0.2) is 42.5 Å². The number of nitrogens with zero attached hydrogens (tertiary/aromatic N) is 2. The third kappa shape index (κ3) is 2.94. The highest BCUT2D eigenvalue weighted by Gasteiger charge is 2.19. The minimum Gasteiger partial charge on any atom is -0.399 e. The van der Waals surface area contributed by atoms with E-state index < -0.39 is 0 Å². The maximum absolute atomic E-state index is 13.7. The molecule has 0 saturated carbocycles. The van der Waals surface area contributed by atoms with Crippen LogP contribution in [0.2, 0.25) is 0 Å². The molecule has 1 heterocycles. The molecular formula is C17H20FN3. The van der Waals surface area contributed by atoms with Gasteiger partial charge in [0.15, 0.2) is 0 Å². The minimum atomic E-state index is -0.193. The van der Waals surface area contributed by atoms with E-state index >= 15 is 0 Å². The van der Waals surface area contributed by atoms with Gasteiger partial charge in [0.05, 0.1) is 11.4 Å². The second kappa shape index (κ2) is 5.64. The summed E-state index contributed by atoms with van der Waals surface area (Å²) in [7, 11) is 2.06. The van der Waals surface area contributed by atoms with E-state index in [2.05, 4.69) is 22.9 Å². The maximum atomic E-state index is 13.7. The third-order valence-corrected chi connectivity index (χ3v) is 3.94. The highest BCUT2D eigenvalue weighted by molar-refractivity contribution is 5.72. The summed E-state index contributed by atoms with van der Waals surface area (Å²) in [6, 6.07) is 12.9.